The van der Waals surface area contributed by atoms with Crippen LogP contribution in [0.15, 0.2) is 0 Å². The fraction of sp³-hybridized carbons (Fsp3) is 1.00. The first-order valence-corrected chi connectivity index (χ1v) is 4.86. The third-order valence-electron chi connectivity index (χ3n) is 2.28. The highest BCUT2D eigenvalue weighted by molar-refractivity contribution is 7.26. The Morgan fingerprint density at radius 2 is 1.90 bits per heavy atom. The quantitative estimate of drug-likeness (QED) is 0.612. The predicted octanol–water partition coefficient (Wildman–Crippen LogP) is 1.02. The Bertz CT molecular complexity index is 91.6. The molecule has 0 spiro atoms. The van der Waals surface area contributed by atoms with Gasteiger partial charge in [-0.05, 0) is 31.6 Å². The average Bonchev–Trinajstić information content (AvgIpc) is 1.95. The molecule has 0 aromatic rings. The van der Waals surface area contributed by atoms with E-state index in [9.17, 15) is 4.89 Å². The molecule has 1 fully saturated rings. The monoisotopic (exact) mass is 160 g/mol. The molecule has 0 bridgehead atoms. The van der Waals surface area contributed by atoms with E-state index in [2.05, 4.69) is 12.0 Å². The molecular weight excluding hydrogens is 145 g/mol. The van der Waals surface area contributed by atoms with E-state index < -0.39 is 0 Å². The summed E-state index contributed by atoms with van der Waals surface area (Å²) in [6, 6.07) is 0.534. The zero-order valence-corrected chi connectivity index (χ0v) is 7.39. The highest BCUT2D eigenvalue weighted by Gasteiger charge is 2.15. The zero-order valence-electron chi connectivity index (χ0n) is 6.39. The molecule has 0 aromatic carbocycles. The molecule has 0 saturated heterocycles. The van der Waals surface area contributed by atoms with Gasteiger partial charge in [-0.1, -0.05) is 6.92 Å². The Balaban J connectivity index is 2.13. The van der Waals surface area contributed by atoms with E-state index in [1.165, 1.54) is 25.7 Å². The second kappa shape index (κ2) is 4.27. The first-order chi connectivity index (χ1) is 4.83. The van der Waals surface area contributed by atoms with Crippen molar-refractivity contribution in [3.8, 4) is 0 Å². The largest absolute Gasteiger partial charge is 0.820 e. The number of hydrogen-bond donors (Lipinski definition) is 1. The maximum atomic E-state index is 10.2. The van der Waals surface area contributed by atoms with Gasteiger partial charge in [-0.3, -0.25) is 0 Å². The Morgan fingerprint density at radius 1 is 1.30 bits per heavy atom. The summed E-state index contributed by atoms with van der Waals surface area (Å²) in [4.78, 5) is 10.2. The van der Waals surface area contributed by atoms with Crippen molar-refractivity contribution in [2.24, 2.45) is 5.92 Å². The smallest absolute Gasteiger partial charge is 0.00889 e. The Hall–Kier alpha value is 0.350. The average molecular weight is 160 g/mol. The molecule has 1 N–H and O–H groups in total. The van der Waals surface area contributed by atoms with Gasteiger partial charge in [0.15, 0.2) is 0 Å². The fourth-order valence-corrected chi connectivity index (χ4v) is 1.94. The standard InChI is InChI=1S/C7H15NOP/c1-6-2-4-7(5-3-6)8-10-9/h6-8,10H,2-5H2,1H3/q-1. The highest BCUT2D eigenvalue weighted by Crippen LogP contribution is 2.24. The van der Waals surface area contributed by atoms with Crippen LogP contribution < -0.4 is 9.98 Å². The SMILES string of the molecule is CC1CCC(NP[O-])CC1. The van der Waals surface area contributed by atoms with Crippen LogP contribution in [0.2, 0.25) is 0 Å². The van der Waals surface area contributed by atoms with E-state index >= 15 is 0 Å². The molecule has 0 heterocycles. The molecular formula is C7H15NOP-. The van der Waals surface area contributed by atoms with Crippen molar-refractivity contribution in [1.29, 1.82) is 0 Å². The summed E-state index contributed by atoms with van der Waals surface area (Å²) in [5, 5.41) is 2.98. The molecule has 3 heteroatoms. The van der Waals surface area contributed by atoms with Crippen LogP contribution in [0.25, 0.3) is 0 Å². The highest BCUT2D eigenvalue weighted by atomic mass is 31.1. The van der Waals surface area contributed by atoms with Gasteiger partial charge in [0.2, 0.25) is 0 Å². The van der Waals surface area contributed by atoms with E-state index in [1.54, 1.807) is 0 Å². The van der Waals surface area contributed by atoms with Gasteiger partial charge in [0.25, 0.3) is 0 Å². The lowest BCUT2D eigenvalue weighted by atomic mass is 9.88. The van der Waals surface area contributed by atoms with Gasteiger partial charge in [0, 0.05) is 6.04 Å². The summed E-state index contributed by atoms with van der Waals surface area (Å²) < 4.78 is 0. The summed E-state index contributed by atoms with van der Waals surface area (Å²) in [5.74, 6) is 0.882. The van der Waals surface area contributed by atoms with Crippen LogP contribution in [-0.4, -0.2) is 6.04 Å². The lowest BCUT2D eigenvalue weighted by Crippen LogP contribution is -2.28. The number of hydrogen-bond acceptors (Lipinski definition) is 2. The summed E-state index contributed by atoms with van der Waals surface area (Å²) in [5.41, 5.74) is 0. The topological polar surface area (TPSA) is 35.1 Å². The minimum Gasteiger partial charge on any atom is -0.820 e. The summed E-state index contributed by atoms with van der Waals surface area (Å²) in [6.45, 7) is 2.29. The van der Waals surface area contributed by atoms with E-state index in [0.29, 0.717) is 6.04 Å². The van der Waals surface area contributed by atoms with Crippen molar-refractivity contribution >= 4 is 8.96 Å². The molecule has 2 nitrogen and oxygen atoms in total. The minimum absolute atomic E-state index is 0.319. The first kappa shape index (κ1) is 8.45. The van der Waals surface area contributed by atoms with E-state index in [1.807, 2.05) is 0 Å². The minimum atomic E-state index is -0.319. The van der Waals surface area contributed by atoms with Gasteiger partial charge in [-0.25, -0.2) is 0 Å². The molecule has 1 aliphatic rings. The Labute approximate surface area is 64.3 Å². The molecule has 0 radical (unpaired) electrons. The van der Waals surface area contributed by atoms with Gasteiger partial charge < -0.3 is 9.98 Å². The molecule has 1 atom stereocenters. The van der Waals surface area contributed by atoms with Crippen LogP contribution in [0.3, 0.4) is 0 Å². The fourth-order valence-electron chi connectivity index (χ4n) is 1.49. The molecule has 10 heavy (non-hydrogen) atoms. The van der Waals surface area contributed by atoms with E-state index in [4.69, 9.17) is 0 Å². The van der Waals surface area contributed by atoms with Gasteiger partial charge in [-0.2, -0.15) is 0 Å². The van der Waals surface area contributed by atoms with Gasteiger partial charge >= 0.3 is 0 Å². The summed E-state index contributed by atoms with van der Waals surface area (Å²) in [6.07, 6.45) is 5.00. The van der Waals surface area contributed by atoms with Crippen molar-refractivity contribution < 1.29 is 4.89 Å². The molecule has 1 saturated carbocycles. The van der Waals surface area contributed by atoms with Crippen LogP contribution in [0.5, 0.6) is 0 Å². The Morgan fingerprint density at radius 3 is 2.40 bits per heavy atom. The lowest BCUT2D eigenvalue weighted by Gasteiger charge is -2.28. The normalized spacial score (nSPS) is 35.4. The van der Waals surface area contributed by atoms with Gasteiger partial charge in [0.1, 0.15) is 0 Å². The predicted molar refractivity (Wildman–Crippen MR) is 42.9 cm³/mol. The van der Waals surface area contributed by atoms with E-state index in [-0.39, 0.29) is 8.96 Å². The molecule has 0 amide bonds. The summed E-state index contributed by atoms with van der Waals surface area (Å²) >= 11 is 0. The van der Waals surface area contributed by atoms with Crippen LogP contribution in [0.1, 0.15) is 32.6 Å². The van der Waals surface area contributed by atoms with Crippen molar-refractivity contribution in [3.05, 3.63) is 0 Å². The van der Waals surface area contributed by atoms with Crippen LogP contribution >= 0.6 is 8.96 Å². The molecule has 60 valence electrons. The second-order valence-electron chi connectivity index (χ2n) is 3.20. The molecule has 1 aliphatic carbocycles. The van der Waals surface area contributed by atoms with Gasteiger partial charge in [-0.15, -0.1) is 8.96 Å². The van der Waals surface area contributed by atoms with Crippen molar-refractivity contribution in [2.75, 3.05) is 0 Å². The van der Waals surface area contributed by atoms with Gasteiger partial charge in [0.05, 0.1) is 0 Å². The maximum absolute atomic E-state index is 10.2. The third-order valence-corrected chi connectivity index (χ3v) is 2.81. The molecule has 0 aliphatic heterocycles. The van der Waals surface area contributed by atoms with Crippen molar-refractivity contribution in [3.63, 3.8) is 0 Å². The Kier molecular flexibility index (Phi) is 3.61. The summed E-state index contributed by atoms with van der Waals surface area (Å²) in [7, 11) is -0.319. The van der Waals surface area contributed by atoms with Crippen molar-refractivity contribution in [1.82, 2.24) is 5.09 Å². The molecule has 1 unspecified atom stereocenters. The van der Waals surface area contributed by atoms with Crippen LogP contribution in [-0.2, 0) is 0 Å². The zero-order chi connectivity index (χ0) is 7.40. The van der Waals surface area contributed by atoms with Crippen LogP contribution in [0, 0.1) is 5.92 Å². The molecule has 1 rings (SSSR count). The second-order valence-corrected chi connectivity index (χ2v) is 3.70. The van der Waals surface area contributed by atoms with Crippen molar-refractivity contribution in [2.45, 2.75) is 38.6 Å². The van der Waals surface area contributed by atoms with Crippen LogP contribution in [0.4, 0.5) is 0 Å². The number of rotatable bonds is 2. The lowest BCUT2D eigenvalue weighted by molar-refractivity contribution is -0.153. The van der Waals surface area contributed by atoms with E-state index in [0.717, 1.165) is 5.92 Å². The number of nitrogens with one attached hydrogen (secondary N) is 1. The molecule has 0 aromatic heterocycles. The maximum Gasteiger partial charge on any atom is 0.00889 e. The first-order valence-electron chi connectivity index (χ1n) is 3.95. The third kappa shape index (κ3) is 2.53.